The van der Waals surface area contributed by atoms with Gasteiger partial charge < -0.3 is 9.30 Å². The molecule has 1 spiro atoms. The fourth-order valence-electron chi connectivity index (χ4n) is 3.00. The summed E-state index contributed by atoms with van der Waals surface area (Å²) in [5, 5.41) is 0.231. The Morgan fingerprint density at radius 3 is 2.18 bits per heavy atom. The van der Waals surface area contributed by atoms with E-state index in [1.54, 1.807) is 0 Å². The van der Waals surface area contributed by atoms with E-state index in [2.05, 4.69) is 38.4 Å². The normalized spacial score (nSPS) is 25.0. The standard InChI is InChI=1S/C13H25NO2Si/c1-12(2,3)17(4,5)14-11(15)10-13(14)6-8-16-9-7-13/h6-10H2,1-5H3. The van der Waals surface area contributed by atoms with E-state index in [4.69, 9.17) is 4.74 Å². The van der Waals surface area contributed by atoms with Crippen molar-refractivity contribution in [2.45, 2.75) is 63.7 Å². The van der Waals surface area contributed by atoms with Crippen LogP contribution in [0.25, 0.3) is 0 Å². The van der Waals surface area contributed by atoms with E-state index in [1.165, 1.54) is 0 Å². The van der Waals surface area contributed by atoms with E-state index in [9.17, 15) is 4.79 Å². The zero-order valence-corrected chi connectivity index (χ0v) is 12.8. The molecule has 2 saturated heterocycles. The second-order valence-electron chi connectivity index (χ2n) is 7.05. The van der Waals surface area contributed by atoms with Crippen LogP contribution in [-0.2, 0) is 9.53 Å². The molecule has 2 aliphatic heterocycles. The third-order valence-corrected chi connectivity index (χ3v) is 10.5. The van der Waals surface area contributed by atoms with Crippen molar-refractivity contribution in [3.8, 4) is 0 Å². The van der Waals surface area contributed by atoms with Crippen molar-refractivity contribution < 1.29 is 9.53 Å². The lowest BCUT2D eigenvalue weighted by atomic mass is 9.80. The summed E-state index contributed by atoms with van der Waals surface area (Å²) in [5.41, 5.74) is 0.151. The summed E-state index contributed by atoms with van der Waals surface area (Å²) < 4.78 is 7.75. The first-order chi connectivity index (χ1) is 7.71. The van der Waals surface area contributed by atoms with Crippen molar-refractivity contribution in [2.24, 2.45) is 0 Å². The van der Waals surface area contributed by atoms with E-state index in [1.807, 2.05) is 0 Å². The van der Waals surface area contributed by atoms with Gasteiger partial charge in [-0.1, -0.05) is 33.9 Å². The minimum atomic E-state index is -1.72. The summed E-state index contributed by atoms with van der Waals surface area (Å²) in [6, 6.07) is 0. The smallest absolute Gasteiger partial charge is 0.217 e. The van der Waals surface area contributed by atoms with Crippen LogP contribution in [0.5, 0.6) is 0 Å². The van der Waals surface area contributed by atoms with Gasteiger partial charge in [0.05, 0.1) is 0 Å². The van der Waals surface area contributed by atoms with Gasteiger partial charge in [0.15, 0.2) is 8.24 Å². The van der Waals surface area contributed by atoms with Crippen LogP contribution in [0.2, 0.25) is 18.1 Å². The van der Waals surface area contributed by atoms with Gasteiger partial charge in [0.1, 0.15) is 0 Å². The van der Waals surface area contributed by atoms with Crippen LogP contribution in [-0.4, -0.2) is 37.5 Å². The Labute approximate surface area is 106 Å². The lowest BCUT2D eigenvalue weighted by Crippen LogP contribution is -2.75. The Kier molecular flexibility index (Phi) is 2.94. The molecule has 0 aromatic heterocycles. The second kappa shape index (κ2) is 3.82. The molecule has 2 heterocycles. The van der Waals surface area contributed by atoms with E-state index >= 15 is 0 Å². The lowest BCUT2D eigenvalue weighted by molar-refractivity contribution is -0.154. The Morgan fingerprint density at radius 2 is 1.76 bits per heavy atom. The van der Waals surface area contributed by atoms with Crippen molar-refractivity contribution in [3.63, 3.8) is 0 Å². The molecule has 3 nitrogen and oxygen atoms in total. The topological polar surface area (TPSA) is 29.5 Å². The molecular weight excluding hydrogens is 230 g/mol. The van der Waals surface area contributed by atoms with E-state index in [0.717, 1.165) is 32.5 Å². The Bertz CT molecular complexity index is 327. The lowest BCUT2D eigenvalue weighted by Gasteiger charge is -2.63. The second-order valence-corrected chi connectivity index (χ2v) is 12.1. The molecule has 1 amide bonds. The molecule has 4 heteroatoms. The molecule has 0 aliphatic carbocycles. The van der Waals surface area contributed by atoms with Crippen molar-refractivity contribution in [3.05, 3.63) is 0 Å². The number of nitrogens with zero attached hydrogens (tertiary/aromatic N) is 1. The van der Waals surface area contributed by atoms with Gasteiger partial charge in [-0.15, -0.1) is 0 Å². The largest absolute Gasteiger partial charge is 0.381 e. The number of β-lactam (4-membered cyclic amide) rings is 1. The van der Waals surface area contributed by atoms with Gasteiger partial charge in [-0.3, -0.25) is 4.79 Å². The third-order valence-electron chi connectivity index (χ3n) is 5.02. The van der Waals surface area contributed by atoms with Crippen LogP contribution >= 0.6 is 0 Å². The molecule has 0 radical (unpaired) electrons. The summed E-state index contributed by atoms with van der Waals surface area (Å²) in [6.45, 7) is 13.1. The Balaban J connectivity index is 2.27. The highest BCUT2D eigenvalue weighted by atomic mass is 28.3. The predicted octanol–water partition coefficient (Wildman–Crippen LogP) is 2.77. The minimum Gasteiger partial charge on any atom is -0.381 e. The van der Waals surface area contributed by atoms with Crippen LogP contribution in [0.3, 0.4) is 0 Å². The number of ether oxygens (including phenoxy) is 1. The average Bonchev–Trinajstić information content (AvgIpc) is 2.15. The summed E-state index contributed by atoms with van der Waals surface area (Å²) in [7, 11) is -1.72. The SMILES string of the molecule is CC(C)(C)[Si](C)(C)N1C(=O)CC12CCOCC2. The monoisotopic (exact) mass is 255 g/mol. The number of carbonyl (C=O) groups excluding carboxylic acids is 1. The van der Waals surface area contributed by atoms with Crippen LogP contribution in [0, 0.1) is 0 Å². The first kappa shape index (κ1) is 13.1. The first-order valence-electron chi connectivity index (χ1n) is 6.62. The maximum atomic E-state index is 12.1. The highest BCUT2D eigenvalue weighted by Gasteiger charge is 2.59. The zero-order chi connectivity index (χ0) is 12.9. The van der Waals surface area contributed by atoms with E-state index < -0.39 is 8.24 Å². The maximum Gasteiger partial charge on any atom is 0.217 e. The summed E-state index contributed by atoms with van der Waals surface area (Å²) in [4.78, 5) is 12.1. The van der Waals surface area contributed by atoms with Crippen LogP contribution in [0.15, 0.2) is 0 Å². The van der Waals surface area contributed by atoms with Gasteiger partial charge in [0, 0.05) is 25.2 Å². The van der Waals surface area contributed by atoms with E-state index in [-0.39, 0.29) is 10.6 Å². The van der Waals surface area contributed by atoms with E-state index in [0.29, 0.717) is 5.91 Å². The number of rotatable bonds is 1. The summed E-state index contributed by atoms with van der Waals surface area (Å²) >= 11 is 0. The molecular formula is C13H25NO2Si. The number of carbonyl (C=O) groups is 1. The van der Waals surface area contributed by atoms with Crippen molar-refractivity contribution in [1.82, 2.24) is 4.57 Å². The van der Waals surface area contributed by atoms with Gasteiger partial charge in [-0.2, -0.15) is 0 Å². The van der Waals surface area contributed by atoms with Crippen LogP contribution < -0.4 is 0 Å². The third kappa shape index (κ3) is 1.85. The molecule has 98 valence electrons. The number of hydrogen-bond acceptors (Lipinski definition) is 2. The zero-order valence-electron chi connectivity index (χ0n) is 11.8. The highest BCUT2D eigenvalue weighted by Crippen LogP contribution is 2.50. The molecule has 0 saturated carbocycles. The Morgan fingerprint density at radius 1 is 1.24 bits per heavy atom. The molecule has 0 N–H and O–H groups in total. The first-order valence-corrected chi connectivity index (χ1v) is 9.56. The van der Waals surface area contributed by atoms with Crippen molar-refractivity contribution in [2.75, 3.05) is 13.2 Å². The fourth-order valence-corrected chi connectivity index (χ4v) is 5.87. The molecule has 0 aromatic carbocycles. The predicted molar refractivity (Wildman–Crippen MR) is 71.4 cm³/mol. The van der Waals surface area contributed by atoms with Gasteiger partial charge in [0.25, 0.3) is 0 Å². The highest BCUT2D eigenvalue weighted by molar-refractivity contribution is 6.80. The fraction of sp³-hybridized carbons (Fsp3) is 0.923. The molecule has 17 heavy (non-hydrogen) atoms. The van der Waals surface area contributed by atoms with Crippen LogP contribution in [0.1, 0.15) is 40.0 Å². The number of amides is 1. The quantitative estimate of drug-likeness (QED) is 0.532. The molecule has 2 fully saturated rings. The molecule has 0 atom stereocenters. The number of hydrogen-bond donors (Lipinski definition) is 0. The molecule has 2 rings (SSSR count). The van der Waals surface area contributed by atoms with Crippen LogP contribution in [0.4, 0.5) is 0 Å². The average molecular weight is 255 g/mol. The van der Waals surface area contributed by atoms with Gasteiger partial charge in [-0.25, -0.2) is 0 Å². The Hall–Kier alpha value is -0.353. The summed E-state index contributed by atoms with van der Waals surface area (Å²) in [6.07, 6.45) is 2.82. The van der Waals surface area contributed by atoms with Gasteiger partial charge >= 0.3 is 0 Å². The molecule has 0 aromatic rings. The molecule has 0 bridgehead atoms. The molecule has 2 aliphatic rings. The van der Waals surface area contributed by atoms with Crippen molar-refractivity contribution >= 4 is 14.1 Å². The van der Waals surface area contributed by atoms with Crippen molar-refractivity contribution in [1.29, 1.82) is 0 Å². The molecule has 0 unspecified atom stereocenters. The maximum absolute atomic E-state index is 12.1. The van der Waals surface area contributed by atoms with Gasteiger partial charge in [0.2, 0.25) is 5.91 Å². The minimum absolute atomic E-state index is 0.151. The summed E-state index contributed by atoms with van der Waals surface area (Å²) in [5.74, 6) is 0.374. The van der Waals surface area contributed by atoms with Gasteiger partial charge in [-0.05, 0) is 17.9 Å².